The van der Waals surface area contributed by atoms with Gasteiger partial charge in [0.25, 0.3) is 0 Å². The number of anilines is 1. The van der Waals surface area contributed by atoms with Gasteiger partial charge in [-0.1, -0.05) is 49.6 Å². The van der Waals surface area contributed by atoms with Gasteiger partial charge in [-0.15, -0.1) is 0 Å². The van der Waals surface area contributed by atoms with E-state index in [0.29, 0.717) is 21.8 Å². The number of carbonyl (C=O) groups excluding carboxylic acids is 1. The van der Waals surface area contributed by atoms with Gasteiger partial charge in [-0.05, 0) is 45.2 Å². The van der Waals surface area contributed by atoms with Gasteiger partial charge in [-0.2, -0.15) is 0 Å². The summed E-state index contributed by atoms with van der Waals surface area (Å²) in [4.78, 5) is 16.0. The topological polar surface area (TPSA) is 66.2 Å². The molecule has 2 aliphatic rings. The number of nitrogens with one attached hydrogen (secondary N) is 3. The van der Waals surface area contributed by atoms with Gasteiger partial charge in [0.2, 0.25) is 0 Å². The fraction of sp³-hybridized carbons (Fsp3) is 0.444. The summed E-state index contributed by atoms with van der Waals surface area (Å²) in [5.41, 5.74) is 3.82. The second-order valence-electron chi connectivity index (χ2n) is 10.3. The van der Waals surface area contributed by atoms with Crippen molar-refractivity contribution in [3.05, 3.63) is 52.4 Å². The van der Waals surface area contributed by atoms with Crippen molar-refractivity contribution in [2.45, 2.75) is 77.0 Å². The largest absolute Gasteiger partial charge is 0.443 e. The summed E-state index contributed by atoms with van der Waals surface area (Å²) < 4.78 is 21.5. The van der Waals surface area contributed by atoms with Crippen LogP contribution in [-0.4, -0.2) is 28.8 Å². The molecule has 180 valence electrons. The van der Waals surface area contributed by atoms with Crippen LogP contribution in [-0.2, 0) is 4.74 Å². The lowest BCUT2D eigenvalue weighted by atomic mass is 9.78. The van der Waals surface area contributed by atoms with Crippen LogP contribution in [0, 0.1) is 12.7 Å². The molecule has 2 atom stereocenters. The third kappa shape index (κ3) is 3.82. The molecule has 0 unspecified atom stereocenters. The van der Waals surface area contributed by atoms with E-state index in [4.69, 9.17) is 16.3 Å². The number of carbonyl (C=O) groups is 1. The number of aromatic nitrogens is 1. The Kier molecular flexibility index (Phi) is 5.75. The number of benzene rings is 2. The first-order chi connectivity index (χ1) is 16.2. The van der Waals surface area contributed by atoms with Gasteiger partial charge in [0.05, 0.1) is 21.8 Å². The van der Waals surface area contributed by atoms with Crippen molar-refractivity contribution >= 4 is 34.3 Å². The predicted octanol–water partition coefficient (Wildman–Crippen LogP) is 7.28. The molecule has 0 bridgehead atoms. The lowest BCUT2D eigenvalue weighted by Crippen LogP contribution is -2.53. The fourth-order valence-corrected chi connectivity index (χ4v) is 6.14. The Hall–Kier alpha value is -2.73. The van der Waals surface area contributed by atoms with E-state index in [2.05, 4.69) is 15.6 Å². The molecule has 0 spiro atoms. The van der Waals surface area contributed by atoms with Crippen LogP contribution in [0.5, 0.6) is 0 Å². The first kappa shape index (κ1) is 23.0. The zero-order chi connectivity index (χ0) is 24.2. The number of aromatic amines is 1. The van der Waals surface area contributed by atoms with Gasteiger partial charge >= 0.3 is 6.09 Å². The van der Waals surface area contributed by atoms with Crippen LogP contribution in [0.15, 0.2) is 30.5 Å². The van der Waals surface area contributed by atoms with Gasteiger partial charge < -0.3 is 20.4 Å². The second kappa shape index (κ2) is 8.49. The zero-order valence-corrected chi connectivity index (χ0v) is 20.8. The minimum absolute atomic E-state index is 0.159. The molecule has 3 aromatic rings. The third-order valence-corrected chi connectivity index (χ3v) is 7.85. The highest BCUT2D eigenvalue weighted by atomic mass is 35.5. The van der Waals surface area contributed by atoms with E-state index in [1.54, 1.807) is 0 Å². The summed E-state index contributed by atoms with van der Waals surface area (Å²) in [6, 6.07) is 7.59. The SMILES string of the molecule is Cc1c[nH]c2c(-c3cc(F)c4c(c3Cl)[C@@H](C)[C@H](OC(=O)NC3CCCC3)C(C)(C)N4)cccc12. The molecular weight excluding hydrogens is 453 g/mol. The third-order valence-electron chi connectivity index (χ3n) is 7.44. The number of amides is 1. The quantitative estimate of drug-likeness (QED) is 0.366. The highest BCUT2D eigenvalue weighted by molar-refractivity contribution is 6.35. The lowest BCUT2D eigenvalue weighted by molar-refractivity contribution is 0.0455. The molecule has 1 amide bonds. The average molecular weight is 484 g/mol. The fourth-order valence-electron chi connectivity index (χ4n) is 5.72. The van der Waals surface area contributed by atoms with Gasteiger partial charge in [0.1, 0.15) is 11.9 Å². The van der Waals surface area contributed by atoms with Gasteiger partial charge in [-0.25, -0.2) is 9.18 Å². The number of aryl methyl sites for hydroxylation is 1. The standard InChI is InChI=1S/C27H31ClFN3O2/c1-14-13-30-23-17(14)10-7-11-18(23)19-12-20(29)24-21(22(19)28)15(2)25(27(3,4)32-24)34-26(33)31-16-8-5-6-9-16/h7,10-13,15-16,25,30,32H,5-6,8-9H2,1-4H3,(H,31,33)/t15-,25+/m1/s1. The second-order valence-corrected chi connectivity index (χ2v) is 10.7. The average Bonchev–Trinajstić information content (AvgIpc) is 3.43. The Bertz CT molecular complexity index is 1260. The molecule has 0 saturated heterocycles. The van der Waals surface area contributed by atoms with Crippen LogP contribution in [0.4, 0.5) is 14.9 Å². The van der Waals surface area contributed by atoms with E-state index in [9.17, 15) is 4.79 Å². The zero-order valence-electron chi connectivity index (χ0n) is 20.0. The molecule has 1 aliphatic heterocycles. The molecule has 3 N–H and O–H groups in total. The summed E-state index contributed by atoms with van der Waals surface area (Å²) in [5, 5.41) is 7.81. The monoisotopic (exact) mass is 483 g/mol. The maximum Gasteiger partial charge on any atom is 0.407 e. The molecule has 1 saturated carbocycles. The molecule has 1 fully saturated rings. The first-order valence-electron chi connectivity index (χ1n) is 12.0. The number of hydrogen-bond acceptors (Lipinski definition) is 3. The maximum absolute atomic E-state index is 15.5. The van der Waals surface area contributed by atoms with Crippen LogP contribution in [0.3, 0.4) is 0 Å². The lowest BCUT2D eigenvalue weighted by Gasteiger charge is -2.44. The van der Waals surface area contributed by atoms with Crippen LogP contribution >= 0.6 is 11.6 Å². The molecule has 5 nitrogen and oxygen atoms in total. The van der Waals surface area contributed by atoms with Crippen molar-refractivity contribution in [1.82, 2.24) is 10.3 Å². The van der Waals surface area contributed by atoms with Crippen molar-refractivity contribution in [3.63, 3.8) is 0 Å². The molecular formula is C27H31ClFN3O2. The van der Waals surface area contributed by atoms with Gasteiger partial charge in [0.15, 0.2) is 0 Å². The predicted molar refractivity (Wildman–Crippen MR) is 135 cm³/mol. The van der Waals surface area contributed by atoms with Crippen molar-refractivity contribution in [2.75, 3.05) is 5.32 Å². The first-order valence-corrected chi connectivity index (χ1v) is 12.4. The number of H-pyrrole nitrogens is 1. The summed E-state index contributed by atoms with van der Waals surface area (Å²) in [6.45, 7) is 7.82. The number of alkyl carbamates (subject to hydrolysis) is 1. The van der Waals surface area contributed by atoms with Crippen molar-refractivity contribution in [2.24, 2.45) is 0 Å². The summed E-state index contributed by atoms with van der Waals surface area (Å²) >= 11 is 6.99. The minimum Gasteiger partial charge on any atom is -0.443 e. The molecule has 2 heterocycles. The van der Waals surface area contributed by atoms with E-state index in [1.165, 1.54) is 6.07 Å². The summed E-state index contributed by atoms with van der Waals surface area (Å²) in [5.74, 6) is -0.685. The number of fused-ring (bicyclic) bond motifs is 2. The normalized spacial score (nSPS) is 21.8. The minimum atomic E-state index is -0.679. The van der Waals surface area contributed by atoms with Crippen LogP contribution in [0.25, 0.3) is 22.0 Å². The molecule has 0 radical (unpaired) electrons. The van der Waals surface area contributed by atoms with E-state index in [0.717, 1.165) is 47.7 Å². The van der Waals surface area contributed by atoms with E-state index >= 15 is 4.39 Å². The highest BCUT2D eigenvalue weighted by Crippen LogP contribution is 2.49. The van der Waals surface area contributed by atoms with Crippen molar-refractivity contribution < 1.29 is 13.9 Å². The van der Waals surface area contributed by atoms with Crippen molar-refractivity contribution in [1.29, 1.82) is 0 Å². The van der Waals surface area contributed by atoms with Crippen molar-refractivity contribution in [3.8, 4) is 11.1 Å². The number of rotatable bonds is 3. The Morgan fingerprint density at radius 1 is 1.24 bits per heavy atom. The molecule has 1 aromatic heterocycles. The number of halogens is 2. The van der Waals surface area contributed by atoms with Crippen LogP contribution < -0.4 is 10.6 Å². The van der Waals surface area contributed by atoms with Crippen LogP contribution in [0.2, 0.25) is 5.02 Å². The number of para-hydroxylation sites is 1. The number of hydrogen-bond donors (Lipinski definition) is 3. The highest BCUT2D eigenvalue weighted by Gasteiger charge is 2.45. The molecule has 1 aliphatic carbocycles. The number of ether oxygens (including phenoxy) is 1. The molecule has 2 aromatic carbocycles. The smallest absolute Gasteiger partial charge is 0.407 e. The summed E-state index contributed by atoms with van der Waals surface area (Å²) in [6.07, 6.45) is 5.18. The Morgan fingerprint density at radius 3 is 2.71 bits per heavy atom. The van der Waals surface area contributed by atoms with E-state index in [1.807, 2.05) is 52.1 Å². The molecule has 34 heavy (non-hydrogen) atoms. The molecule has 7 heteroatoms. The Morgan fingerprint density at radius 2 is 1.97 bits per heavy atom. The Balaban J connectivity index is 1.54. The summed E-state index contributed by atoms with van der Waals surface area (Å²) in [7, 11) is 0. The van der Waals surface area contributed by atoms with Crippen LogP contribution in [0.1, 0.15) is 63.5 Å². The Labute approximate surface area is 204 Å². The maximum atomic E-state index is 15.5. The van der Waals surface area contributed by atoms with Gasteiger partial charge in [0, 0.05) is 40.2 Å². The van der Waals surface area contributed by atoms with E-state index < -0.39 is 17.7 Å². The molecule has 5 rings (SSSR count). The van der Waals surface area contributed by atoms with E-state index in [-0.39, 0.29) is 17.8 Å². The van der Waals surface area contributed by atoms with Gasteiger partial charge in [-0.3, -0.25) is 0 Å².